The van der Waals surface area contributed by atoms with Gasteiger partial charge in [-0.25, -0.2) is 12.8 Å². The molecule has 0 spiro atoms. The van der Waals surface area contributed by atoms with E-state index in [0.717, 1.165) is 21.7 Å². The first-order chi connectivity index (χ1) is 19.7. The van der Waals surface area contributed by atoms with Crippen molar-refractivity contribution in [3.05, 3.63) is 143 Å². The van der Waals surface area contributed by atoms with Crippen LogP contribution in [-0.4, -0.2) is 42.2 Å². The van der Waals surface area contributed by atoms with E-state index >= 15 is 0 Å². The molecule has 0 aromatic heterocycles. The van der Waals surface area contributed by atoms with Crippen LogP contribution in [0.3, 0.4) is 0 Å². The van der Waals surface area contributed by atoms with Gasteiger partial charge in [0, 0.05) is 19.6 Å². The fourth-order valence-corrected chi connectivity index (χ4v) is 5.15. The number of carbonyl (C=O) groups excluding carboxylic acids is 2. The molecule has 0 bridgehead atoms. The number of amides is 2. The Balaban J connectivity index is 1.69. The van der Waals surface area contributed by atoms with Crippen molar-refractivity contribution < 1.29 is 22.4 Å². The minimum Gasteiger partial charge on any atom is -0.350 e. The predicted molar refractivity (Wildman–Crippen MR) is 156 cm³/mol. The van der Waals surface area contributed by atoms with Gasteiger partial charge in [-0.3, -0.25) is 9.59 Å². The first-order valence-corrected chi connectivity index (χ1v) is 14.9. The molecule has 0 aliphatic rings. The zero-order chi connectivity index (χ0) is 29.2. The van der Waals surface area contributed by atoms with Crippen molar-refractivity contribution >= 4 is 21.8 Å². The van der Waals surface area contributed by atoms with Gasteiger partial charge in [0.15, 0.2) is 0 Å². The van der Waals surface area contributed by atoms with Gasteiger partial charge in [-0.2, -0.15) is 4.31 Å². The molecule has 7 nitrogen and oxygen atoms in total. The summed E-state index contributed by atoms with van der Waals surface area (Å²) < 4.78 is 40.3. The van der Waals surface area contributed by atoms with Gasteiger partial charge in [0.2, 0.25) is 21.8 Å². The zero-order valence-electron chi connectivity index (χ0n) is 22.7. The molecule has 0 fully saturated rings. The molecule has 4 rings (SSSR count). The summed E-state index contributed by atoms with van der Waals surface area (Å²) >= 11 is 0. The summed E-state index contributed by atoms with van der Waals surface area (Å²) in [5, 5.41) is 2.93. The fraction of sp³-hybridized carbons (Fsp3) is 0.188. The third-order valence-corrected chi connectivity index (χ3v) is 7.75. The number of nitrogens with zero attached hydrogens (tertiary/aromatic N) is 2. The summed E-state index contributed by atoms with van der Waals surface area (Å²) in [4.78, 5) is 29.2. The number of sulfonamides is 1. The lowest BCUT2D eigenvalue weighted by molar-refractivity contribution is -0.141. The van der Waals surface area contributed by atoms with Crippen molar-refractivity contribution in [2.24, 2.45) is 0 Å². The molecular formula is C32H32FN3O4S. The molecule has 9 heteroatoms. The summed E-state index contributed by atoms with van der Waals surface area (Å²) in [5.41, 5.74) is 2.75. The summed E-state index contributed by atoms with van der Waals surface area (Å²) in [6.45, 7) is -0.290. The van der Waals surface area contributed by atoms with Gasteiger partial charge in [0.1, 0.15) is 11.9 Å². The molecule has 0 radical (unpaired) electrons. The summed E-state index contributed by atoms with van der Waals surface area (Å²) in [6.07, 6.45) is 1.05. The van der Waals surface area contributed by atoms with Gasteiger partial charge in [0.05, 0.1) is 12.8 Å². The van der Waals surface area contributed by atoms with Crippen LogP contribution in [0.4, 0.5) is 4.39 Å². The maximum absolute atomic E-state index is 14.0. The monoisotopic (exact) mass is 573 g/mol. The van der Waals surface area contributed by atoms with Crippen LogP contribution in [0.5, 0.6) is 0 Å². The molecule has 4 aromatic rings. The molecule has 4 aromatic carbocycles. The van der Waals surface area contributed by atoms with Crippen molar-refractivity contribution in [2.75, 3.05) is 12.8 Å². The normalized spacial score (nSPS) is 12.1. The second-order valence-electron chi connectivity index (χ2n) is 9.68. The first-order valence-electron chi connectivity index (χ1n) is 13.1. The van der Waals surface area contributed by atoms with E-state index in [-0.39, 0.29) is 19.6 Å². The van der Waals surface area contributed by atoms with Gasteiger partial charge in [-0.05, 0) is 34.4 Å². The van der Waals surface area contributed by atoms with Crippen molar-refractivity contribution in [1.29, 1.82) is 0 Å². The molecule has 0 aliphatic carbocycles. The van der Waals surface area contributed by atoms with E-state index in [9.17, 15) is 22.4 Å². The summed E-state index contributed by atoms with van der Waals surface area (Å²) in [7, 11) is -3.79. The molecule has 1 N–H and O–H groups in total. The number of rotatable bonds is 12. The lowest BCUT2D eigenvalue weighted by Crippen LogP contribution is -2.47. The Morgan fingerprint density at radius 3 is 1.80 bits per heavy atom. The Morgan fingerprint density at radius 1 is 0.732 bits per heavy atom. The summed E-state index contributed by atoms with van der Waals surface area (Å²) in [5.74, 6) is -1.43. The molecule has 0 saturated heterocycles. The smallest absolute Gasteiger partial charge is 0.247 e. The van der Waals surface area contributed by atoms with Crippen molar-refractivity contribution in [1.82, 2.24) is 14.5 Å². The van der Waals surface area contributed by atoms with Crippen molar-refractivity contribution in [3.63, 3.8) is 0 Å². The third kappa shape index (κ3) is 8.57. The van der Waals surface area contributed by atoms with Crippen LogP contribution in [0.25, 0.3) is 0 Å². The van der Waals surface area contributed by atoms with Crippen LogP contribution in [0.15, 0.2) is 115 Å². The van der Waals surface area contributed by atoms with Crippen molar-refractivity contribution in [2.45, 2.75) is 25.7 Å². The average Bonchev–Trinajstić information content (AvgIpc) is 2.97. The van der Waals surface area contributed by atoms with Crippen LogP contribution < -0.4 is 5.32 Å². The number of benzene rings is 4. The molecule has 0 saturated carbocycles. The van der Waals surface area contributed by atoms with E-state index in [2.05, 4.69) is 5.32 Å². The van der Waals surface area contributed by atoms with E-state index in [0.29, 0.717) is 11.1 Å². The predicted octanol–water partition coefficient (Wildman–Crippen LogP) is 4.67. The van der Waals surface area contributed by atoms with E-state index in [1.165, 1.54) is 29.2 Å². The maximum Gasteiger partial charge on any atom is 0.247 e. The Hall–Kier alpha value is -4.34. The lowest BCUT2D eigenvalue weighted by Gasteiger charge is -2.33. The van der Waals surface area contributed by atoms with Crippen LogP contribution in [0.1, 0.15) is 28.3 Å². The standard InChI is InChI=1S/C32H32FN3O4S/c1-41(39,40)35(22-26-13-7-3-8-14-26)24-30(37)36(23-27-17-19-29(33)20-18-27)31(28-15-9-4-10-16-28)32(38)34-21-25-11-5-2-6-12-25/h2-20,31H,21-24H2,1H3,(H,34,38)/t31-/m0/s1. The van der Waals surface area contributed by atoms with Crippen molar-refractivity contribution in [3.8, 4) is 0 Å². The van der Waals surface area contributed by atoms with E-state index in [1.807, 2.05) is 36.4 Å². The zero-order valence-corrected chi connectivity index (χ0v) is 23.5. The van der Waals surface area contributed by atoms with E-state index in [1.54, 1.807) is 54.6 Å². The van der Waals surface area contributed by atoms with E-state index in [4.69, 9.17) is 0 Å². The minimum absolute atomic E-state index is 0.00793. The highest BCUT2D eigenvalue weighted by Gasteiger charge is 2.33. The van der Waals surface area contributed by atoms with E-state index < -0.39 is 40.2 Å². The Bertz CT molecular complexity index is 1530. The highest BCUT2D eigenvalue weighted by molar-refractivity contribution is 7.88. The van der Waals surface area contributed by atoms with Gasteiger partial charge in [-0.1, -0.05) is 103 Å². The second-order valence-corrected chi connectivity index (χ2v) is 11.7. The largest absolute Gasteiger partial charge is 0.350 e. The van der Waals surface area contributed by atoms with Gasteiger partial charge in [0.25, 0.3) is 0 Å². The number of halogens is 1. The Kier molecular flexibility index (Phi) is 10.00. The molecule has 0 heterocycles. The Labute approximate surface area is 240 Å². The van der Waals surface area contributed by atoms with Crippen LogP contribution in [0.2, 0.25) is 0 Å². The molecule has 212 valence electrons. The van der Waals surface area contributed by atoms with Crippen LogP contribution >= 0.6 is 0 Å². The lowest BCUT2D eigenvalue weighted by atomic mass is 10.0. The average molecular weight is 574 g/mol. The second kappa shape index (κ2) is 13.8. The SMILES string of the molecule is CS(=O)(=O)N(CC(=O)N(Cc1ccc(F)cc1)[C@H](C(=O)NCc1ccccc1)c1ccccc1)Cc1ccccc1. The van der Waals surface area contributed by atoms with Crippen LogP contribution in [0, 0.1) is 5.82 Å². The highest BCUT2D eigenvalue weighted by Crippen LogP contribution is 2.25. The fourth-order valence-electron chi connectivity index (χ4n) is 4.42. The number of hydrogen-bond acceptors (Lipinski definition) is 4. The number of hydrogen-bond donors (Lipinski definition) is 1. The van der Waals surface area contributed by atoms with Crippen LogP contribution in [-0.2, 0) is 39.2 Å². The quantitative estimate of drug-likeness (QED) is 0.267. The molecule has 1 atom stereocenters. The number of nitrogens with one attached hydrogen (secondary N) is 1. The third-order valence-electron chi connectivity index (χ3n) is 6.55. The van der Waals surface area contributed by atoms with Gasteiger partial charge in [-0.15, -0.1) is 0 Å². The van der Waals surface area contributed by atoms with Gasteiger partial charge >= 0.3 is 0 Å². The highest BCUT2D eigenvalue weighted by atomic mass is 32.2. The topological polar surface area (TPSA) is 86.8 Å². The molecular weight excluding hydrogens is 541 g/mol. The molecule has 41 heavy (non-hydrogen) atoms. The van der Waals surface area contributed by atoms with Gasteiger partial charge < -0.3 is 10.2 Å². The first kappa shape index (κ1) is 29.6. The summed E-state index contributed by atoms with van der Waals surface area (Å²) in [6, 6.07) is 31.8. The minimum atomic E-state index is -3.79. The Morgan fingerprint density at radius 2 is 1.24 bits per heavy atom. The molecule has 0 aliphatic heterocycles. The maximum atomic E-state index is 14.0. The molecule has 0 unspecified atom stereocenters. The molecule has 2 amide bonds. The number of carbonyl (C=O) groups is 2.